The highest BCUT2D eigenvalue weighted by Gasteiger charge is 2.44. The van der Waals surface area contributed by atoms with Crippen molar-refractivity contribution in [3.05, 3.63) is 48.6 Å². The van der Waals surface area contributed by atoms with E-state index in [1.54, 1.807) is 6.08 Å². The number of aliphatic hydroxyl groups is 5. The van der Waals surface area contributed by atoms with Crippen LogP contribution in [0.4, 0.5) is 0 Å². The van der Waals surface area contributed by atoms with Crippen LogP contribution >= 0.6 is 0 Å². The molecule has 1 saturated heterocycles. The first kappa shape index (κ1) is 64.2. The fraction of sp³-hybridized carbons (Fsp3) is 0.847. The minimum Gasteiger partial charge on any atom is -0.394 e. The molecule has 68 heavy (non-hydrogen) atoms. The van der Waals surface area contributed by atoms with Gasteiger partial charge in [-0.25, -0.2) is 0 Å². The van der Waals surface area contributed by atoms with Crippen LogP contribution in [0.2, 0.25) is 0 Å². The van der Waals surface area contributed by atoms with Crippen molar-refractivity contribution in [3.8, 4) is 0 Å². The molecule has 1 aliphatic heterocycles. The summed E-state index contributed by atoms with van der Waals surface area (Å²) < 4.78 is 11.2. The van der Waals surface area contributed by atoms with Crippen LogP contribution in [-0.2, 0) is 14.3 Å². The summed E-state index contributed by atoms with van der Waals surface area (Å²) in [7, 11) is 0. The van der Waals surface area contributed by atoms with Gasteiger partial charge in [0.15, 0.2) is 6.29 Å². The van der Waals surface area contributed by atoms with E-state index in [4.69, 9.17) is 9.47 Å². The molecule has 0 aliphatic carbocycles. The second-order valence-corrected chi connectivity index (χ2v) is 20.1. The van der Waals surface area contributed by atoms with Gasteiger partial charge >= 0.3 is 0 Å². The molecule has 398 valence electrons. The maximum Gasteiger partial charge on any atom is 0.220 e. The summed E-state index contributed by atoms with van der Waals surface area (Å²) in [6.45, 7) is 3.68. The third kappa shape index (κ3) is 37.9. The highest BCUT2D eigenvalue weighted by atomic mass is 16.7. The zero-order valence-electron chi connectivity index (χ0n) is 44.1. The number of nitrogens with one attached hydrogen (secondary N) is 1. The van der Waals surface area contributed by atoms with Gasteiger partial charge < -0.3 is 40.3 Å². The van der Waals surface area contributed by atoms with Gasteiger partial charge in [-0.05, 0) is 57.8 Å². The smallest absolute Gasteiger partial charge is 0.220 e. The second-order valence-electron chi connectivity index (χ2n) is 20.1. The standard InChI is InChI=1S/C59H109NO8/c1-3-5-7-9-11-13-14-15-16-17-18-19-20-21-22-23-24-25-26-27-28-29-30-31-32-33-34-35-36-37-38-39-40-41-43-45-47-49-55(63)60-52(53(62)48-46-44-42-12-10-8-6-4-2)51-67-59-58(66)57(65)56(64)54(50-61)68-59/h10,12,14-15,17-18,46,48,52-54,56-59,61-62,64-66H,3-9,11,13,16,19-45,47,49-51H2,1-2H3,(H,60,63)/b12-10+,15-14-,18-17-,48-46+. The molecule has 1 amide bonds. The van der Waals surface area contributed by atoms with Gasteiger partial charge in [-0.15, -0.1) is 0 Å². The van der Waals surface area contributed by atoms with Crippen molar-refractivity contribution < 1.29 is 39.8 Å². The molecule has 0 aromatic heterocycles. The summed E-state index contributed by atoms with van der Waals surface area (Å²) in [5, 5.41) is 54.1. The summed E-state index contributed by atoms with van der Waals surface area (Å²) >= 11 is 0. The lowest BCUT2D eigenvalue weighted by molar-refractivity contribution is -0.302. The molecular weight excluding hydrogens is 851 g/mol. The van der Waals surface area contributed by atoms with Gasteiger partial charge in [0.25, 0.3) is 0 Å². The highest BCUT2D eigenvalue weighted by Crippen LogP contribution is 2.23. The van der Waals surface area contributed by atoms with E-state index in [9.17, 15) is 30.3 Å². The third-order valence-electron chi connectivity index (χ3n) is 13.6. The van der Waals surface area contributed by atoms with Crippen molar-refractivity contribution in [2.45, 2.75) is 307 Å². The van der Waals surface area contributed by atoms with Crippen molar-refractivity contribution in [1.82, 2.24) is 5.32 Å². The summed E-state index contributed by atoms with van der Waals surface area (Å²) in [6, 6.07) is -0.818. The molecular formula is C59H109NO8. The molecule has 0 aromatic carbocycles. The van der Waals surface area contributed by atoms with Crippen LogP contribution in [-0.4, -0.2) is 87.5 Å². The number of ether oxygens (including phenoxy) is 2. The number of carbonyl (C=O) groups is 1. The largest absolute Gasteiger partial charge is 0.394 e. The molecule has 0 aromatic rings. The molecule has 1 fully saturated rings. The van der Waals surface area contributed by atoms with Crippen molar-refractivity contribution in [1.29, 1.82) is 0 Å². The van der Waals surface area contributed by atoms with Gasteiger partial charge in [0.05, 0.1) is 25.4 Å². The van der Waals surface area contributed by atoms with Crippen LogP contribution in [0.5, 0.6) is 0 Å². The molecule has 6 N–H and O–H groups in total. The lowest BCUT2D eigenvalue weighted by atomic mass is 9.99. The summed E-state index contributed by atoms with van der Waals surface area (Å²) in [5.74, 6) is -0.187. The Balaban J connectivity index is 2.00. The summed E-state index contributed by atoms with van der Waals surface area (Å²) in [6.07, 6.45) is 58.1. The number of hydrogen-bond acceptors (Lipinski definition) is 8. The van der Waals surface area contributed by atoms with E-state index in [-0.39, 0.29) is 12.5 Å². The number of allylic oxidation sites excluding steroid dienone is 7. The summed E-state index contributed by atoms with van der Waals surface area (Å²) in [5.41, 5.74) is 0. The van der Waals surface area contributed by atoms with Gasteiger partial charge in [0.1, 0.15) is 24.4 Å². The van der Waals surface area contributed by atoms with Crippen LogP contribution in [0.15, 0.2) is 48.6 Å². The number of aliphatic hydroxyl groups excluding tert-OH is 5. The average Bonchev–Trinajstić information content (AvgIpc) is 3.34. The first-order valence-corrected chi connectivity index (χ1v) is 28.9. The van der Waals surface area contributed by atoms with E-state index in [2.05, 4.69) is 55.6 Å². The molecule has 1 rings (SSSR count). The zero-order chi connectivity index (χ0) is 49.4. The monoisotopic (exact) mass is 960 g/mol. The lowest BCUT2D eigenvalue weighted by Gasteiger charge is -2.40. The van der Waals surface area contributed by atoms with Gasteiger partial charge in [-0.3, -0.25) is 4.79 Å². The SMILES string of the molecule is CCCC/C=C/CC/C=C/C(O)C(COC1OC(CO)C(O)C(O)C1O)NC(=O)CCCCCCCCCCCCCCCCCCCCCCCCCCC/C=C\C/C=C\CCCCCCC. The zero-order valence-corrected chi connectivity index (χ0v) is 44.1. The second kappa shape index (κ2) is 48.8. The third-order valence-corrected chi connectivity index (χ3v) is 13.6. The Kier molecular flexibility index (Phi) is 46.0. The van der Waals surface area contributed by atoms with Gasteiger partial charge in [-0.2, -0.15) is 0 Å². The van der Waals surface area contributed by atoms with Crippen molar-refractivity contribution in [2.24, 2.45) is 0 Å². The molecule has 1 heterocycles. The van der Waals surface area contributed by atoms with Gasteiger partial charge in [0, 0.05) is 6.42 Å². The van der Waals surface area contributed by atoms with E-state index in [0.717, 1.165) is 51.4 Å². The lowest BCUT2D eigenvalue weighted by Crippen LogP contribution is -2.60. The van der Waals surface area contributed by atoms with Crippen LogP contribution < -0.4 is 5.32 Å². The average molecular weight is 961 g/mol. The Labute approximate surface area is 418 Å². The normalized spacial score (nSPS) is 19.9. The van der Waals surface area contributed by atoms with Crippen molar-refractivity contribution >= 4 is 5.91 Å². The van der Waals surface area contributed by atoms with Crippen LogP contribution in [0.25, 0.3) is 0 Å². The molecule has 0 bridgehead atoms. The summed E-state index contributed by atoms with van der Waals surface area (Å²) in [4.78, 5) is 13.0. The maximum absolute atomic E-state index is 13.0. The molecule has 9 nitrogen and oxygen atoms in total. The first-order valence-electron chi connectivity index (χ1n) is 28.9. The van der Waals surface area contributed by atoms with Gasteiger partial charge in [0.2, 0.25) is 5.91 Å². The van der Waals surface area contributed by atoms with E-state index in [1.165, 1.54) is 193 Å². The molecule has 0 radical (unpaired) electrons. The van der Waals surface area contributed by atoms with E-state index in [0.29, 0.717) is 6.42 Å². The molecule has 7 unspecified atom stereocenters. The fourth-order valence-corrected chi connectivity index (χ4v) is 9.01. The molecule has 0 saturated carbocycles. The van der Waals surface area contributed by atoms with Gasteiger partial charge in [-0.1, -0.05) is 249 Å². The molecule has 1 aliphatic rings. The number of amides is 1. The topological polar surface area (TPSA) is 149 Å². The quantitative estimate of drug-likeness (QED) is 0.0261. The highest BCUT2D eigenvalue weighted by molar-refractivity contribution is 5.76. The Morgan fingerprint density at radius 3 is 1.37 bits per heavy atom. The van der Waals surface area contributed by atoms with Crippen LogP contribution in [0.1, 0.15) is 264 Å². The number of hydrogen-bond donors (Lipinski definition) is 6. The Morgan fingerprint density at radius 1 is 0.500 bits per heavy atom. The maximum atomic E-state index is 13.0. The molecule has 7 atom stereocenters. The minimum atomic E-state index is -1.57. The molecule has 9 heteroatoms. The fourth-order valence-electron chi connectivity index (χ4n) is 9.01. The van der Waals surface area contributed by atoms with Crippen molar-refractivity contribution in [2.75, 3.05) is 13.2 Å². The van der Waals surface area contributed by atoms with E-state index >= 15 is 0 Å². The Morgan fingerprint density at radius 2 is 0.897 bits per heavy atom. The minimum absolute atomic E-state index is 0.187. The predicted octanol–water partition coefficient (Wildman–Crippen LogP) is 14.1. The van der Waals surface area contributed by atoms with Crippen LogP contribution in [0, 0.1) is 0 Å². The Bertz CT molecular complexity index is 1210. The molecule has 0 spiro atoms. The van der Waals surface area contributed by atoms with E-state index in [1.807, 2.05) is 6.08 Å². The number of rotatable bonds is 49. The number of unbranched alkanes of at least 4 members (excludes halogenated alkanes) is 33. The first-order chi connectivity index (χ1) is 33.3. The number of carbonyl (C=O) groups excluding carboxylic acids is 1. The van der Waals surface area contributed by atoms with Crippen LogP contribution in [0.3, 0.4) is 0 Å². The van der Waals surface area contributed by atoms with E-state index < -0.39 is 49.5 Å². The van der Waals surface area contributed by atoms with Crippen molar-refractivity contribution in [3.63, 3.8) is 0 Å². The Hall–Kier alpha value is -1.85. The predicted molar refractivity (Wildman–Crippen MR) is 286 cm³/mol.